The third-order valence-electron chi connectivity index (χ3n) is 8.13. The molecule has 0 aromatic heterocycles. The molecule has 44 heavy (non-hydrogen) atoms. The maximum Gasteiger partial charge on any atom is 0.305 e. The van der Waals surface area contributed by atoms with Gasteiger partial charge >= 0.3 is 5.97 Å². The van der Waals surface area contributed by atoms with E-state index in [2.05, 4.69) is 17.4 Å². The Balaban J connectivity index is 1.41. The van der Waals surface area contributed by atoms with Gasteiger partial charge in [-0.15, -0.1) is 0 Å². The minimum absolute atomic E-state index is 0.00697. The number of benzene rings is 4. The highest BCUT2D eigenvalue weighted by Crippen LogP contribution is 2.33. The van der Waals surface area contributed by atoms with E-state index in [0.29, 0.717) is 28.2 Å². The summed E-state index contributed by atoms with van der Waals surface area (Å²) in [7, 11) is 0. The van der Waals surface area contributed by atoms with E-state index in [1.54, 1.807) is 24.3 Å². The molecule has 0 bridgehead atoms. The maximum absolute atomic E-state index is 13.9. The Labute approximate surface area is 257 Å². The Morgan fingerprint density at radius 1 is 0.659 bits per heavy atom. The molecule has 222 valence electrons. The number of allylic oxidation sites excluding steroid dienone is 2. The molecule has 1 fully saturated rings. The minimum Gasteiger partial charge on any atom is -0.481 e. The summed E-state index contributed by atoms with van der Waals surface area (Å²) in [6.07, 6.45) is 7.26. The van der Waals surface area contributed by atoms with E-state index >= 15 is 0 Å². The number of carboxylic acid groups (broad SMARTS) is 1. The highest BCUT2D eigenvalue weighted by atomic mass is 16.4. The molecule has 1 amide bonds. The summed E-state index contributed by atoms with van der Waals surface area (Å²) in [4.78, 5) is 50.5. The van der Waals surface area contributed by atoms with Crippen LogP contribution >= 0.6 is 0 Å². The number of ketones is 2. The molecule has 0 aliphatic heterocycles. The number of hydrogen-bond acceptors (Lipinski definition) is 4. The largest absolute Gasteiger partial charge is 0.481 e. The van der Waals surface area contributed by atoms with Crippen molar-refractivity contribution in [3.63, 3.8) is 0 Å². The molecule has 6 nitrogen and oxygen atoms in total. The van der Waals surface area contributed by atoms with Gasteiger partial charge in [0, 0.05) is 28.8 Å². The van der Waals surface area contributed by atoms with Crippen LogP contribution in [-0.4, -0.2) is 35.1 Å². The van der Waals surface area contributed by atoms with Gasteiger partial charge in [0.25, 0.3) is 5.91 Å². The predicted molar refractivity (Wildman–Crippen MR) is 172 cm³/mol. The number of nitrogens with one attached hydrogen (secondary N) is 1. The van der Waals surface area contributed by atoms with Crippen LogP contribution in [-0.2, 0) is 4.79 Å². The molecule has 1 aliphatic rings. The molecule has 0 radical (unpaired) electrons. The number of carboxylic acids is 1. The van der Waals surface area contributed by atoms with Gasteiger partial charge < -0.3 is 10.4 Å². The fraction of sp³-hybridized carbons (Fsp3) is 0.211. The Hall–Kier alpha value is -5.10. The van der Waals surface area contributed by atoms with Gasteiger partial charge in [-0.3, -0.25) is 19.2 Å². The van der Waals surface area contributed by atoms with Crippen molar-refractivity contribution in [2.75, 3.05) is 6.54 Å². The van der Waals surface area contributed by atoms with E-state index in [-0.39, 0.29) is 30.1 Å². The second-order valence-electron chi connectivity index (χ2n) is 11.1. The first-order valence-electron chi connectivity index (χ1n) is 15.1. The molecular formula is C38H35NO5. The predicted octanol–water partition coefficient (Wildman–Crippen LogP) is 7.76. The number of hydrogen-bond donors (Lipinski definition) is 2. The summed E-state index contributed by atoms with van der Waals surface area (Å²) in [6.45, 7) is 0.00697. The second-order valence-corrected chi connectivity index (χ2v) is 11.1. The van der Waals surface area contributed by atoms with Crippen molar-refractivity contribution < 1.29 is 24.3 Å². The van der Waals surface area contributed by atoms with Crippen molar-refractivity contribution in [2.24, 2.45) is 0 Å². The van der Waals surface area contributed by atoms with Crippen LogP contribution in [0.4, 0.5) is 0 Å². The standard InChI is InChI=1S/C38H35NO5/c40-35(31-17-13-29(14-18-31)27-9-5-2-6-10-27)25-34(30-15-11-28(12-16-30)26-7-3-1-4-8-26)37(43)32-19-21-33(22-20-32)38(44)39-24-23-36(41)42/h2,5-6,9-22,25-26H,1,3-4,7-8,23-24H2,(H,39,44)(H,41,42)/b34-25-. The van der Waals surface area contributed by atoms with Crippen LogP contribution < -0.4 is 5.32 Å². The lowest BCUT2D eigenvalue weighted by Crippen LogP contribution is -2.26. The van der Waals surface area contributed by atoms with Crippen LogP contribution in [0.5, 0.6) is 0 Å². The molecule has 0 unspecified atom stereocenters. The molecule has 6 heteroatoms. The molecule has 0 spiro atoms. The summed E-state index contributed by atoms with van der Waals surface area (Å²) in [5.74, 6) is -1.52. The average molecular weight is 586 g/mol. The number of carbonyl (C=O) groups is 4. The molecule has 1 aliphatic carbocycles. The maximum atomic E-state index is 13.9. The van der Waals surface area contributed by atoms with Crippen molar-refractivity contribution in [2.45, 2.75) is 44.4 Å². The van der Waals surface area contributed by atoms with Crippen molar-refractivity contribution in [3.05, 3.63) is 137 Å². The molecule has 0 atom stereocenters. The number of aliphatic carboxylic acids is 1. The van der Waals surface area contributed by atoms with E-state index in [9.17, 15) is 19.2 Å². The Morgan fingerprint density at radius 2 is 1.23 bits per heavy atom. The monoisotopic (exact) mass is 585 g/mol. The van der Waals surface area contributed by atoms with Gasteiger partial charge in [-0.05, 0) is 59.2 Å². The molecule has 0 saturated heterocycles. The lowest BCUT2D eigenvalue weighted by atomic mass is 9.83. The van der Waals surface area contributed by atoms with Gasteiger partial charge in [-0.1, -0.05) is 110 Å². The smallest absolute Gasteiger partial charge is 0.305 e. The van der Waals surface area contributed by atoms with E-state index in [1.165, 1.54) is 43.0 Å². The van der Waals surface area contributed by atoms with Gasteiger partial charge in [0.1, 0.15) is 0 Å². The Kier molecular flexibility index (Phi) is 9.92. The average Bonchev–Trinajstić information content (AvgIpc) is 3.07. The van der Waals surface area contributed by atoms with Gasteiger partial charge in [0.05, 0.1) is 6.42 Å². The molecule has 2 N–H and O–H groups in total. The van der Waals surface area contributed by atoms with Crippen LogP contribution in [0.15, 0.2) is 109 Å². The van der Waals surface area contributed by atoms with Gasteiger partial charge in [0.15, 0.2) is 11.6 Å². The summed E-state index contributed by atoms with van der Waals surface area (Å²) >= 11 is 0. The molecule has 4 aromatic rings. The minimum atomic E-state index is -1.00. The third kappa shape index (κ3) is 7.64. The van der Waals surface area contributed by atoms with Crippen LogP contribution in [0, 0.1) is 0 Å². The normalized spacial score (nSPS) is 13.7. The SMILES string of the molecule is O=C(O)CCNC(=O)c1ccc(C(=O)/C(=C\C(=O)c2ccc(-c3ccccc3)cc2)c2ccc(C3CCCCC3)cc2)cc1. The first-order valence-corrected chi connectivity index (χ1v) is 15.1. The fourth-order valence-electron chi connectivity index (χ4n) is 5.64. The Morgan fingerprint density at radius 3 is 1.86 bits per heavy atom. The summed E-state index contributed by atoms with van der Waals surface area (Å²) in [6, 6.07) is 31.4. The highest BCUT2D eigenvalue weighted by Gasteiger charge is 2.20. The van der Waals surface area contributed by atoms with Gasteiger partial charge in [-0.2, -0.15) is 0 Å². The lowest BCUT2D eigenvalue weighted by molar-refractivity contribution is -0.136. The van der Waals surface area contributed by atoms with Crippen molar-refractivity contribution >= 4 is 29.0 Å². The number of amides is 1. The van der Waals surface area contributed by atoms with Gasteiger partial charge in [-0.25, -0.2) is 0 Å². The molecule has 0 heterocycles. The zero-order valence-electron chi connectivity index (χ0n) is 24.5. The summed E-state index contributed by atoms with van der Waals surface area (Å²) < 4.78 is 0. The molecule has 5 rings (SSSR count). The van der Waals surface area contributed by atoms with E-state index in [1.807, 2.05) is 54.6 Å². The van der Waals surface area contributed by atoms with E-state index in [0.717, 1.165) is 24.0 Å². The lowest BCUT2D eigenvalue weighted by Gasteiger charge is -2.22. The van der Waals surface area contributed by atoms with Crippen LogP contribution in [0.2, 0.25) is 0 Å². The van der Waals surface area contributed by atoms with Crippen LogP contribution in [0.1, 0.15) is 86.6 Å². The highest BCUT2D eigenvalue weighted by molar-refractivity contribution is 6.32. The van der Waals surface area contributed by atoms with E-state index < -0.39 is 11.9 Å². The van der Waals surface area contributed by atoms with Crippen LogP contribution in [0.3, 0.4) is 0 Å². The quantitative estimate of drug-likeness (QED) is 0.138. The number of rotatable bonds is 11. The second kappa shape index (κ2) is 14.4. The zero-order chi connectivity index (χ0) is 30.9. The van der Waals surface area contributed by atoms with Crippen molar-refractivity contribution in [3.8, 4) is 11.1 Å². The molecule has 1 saturated carbocycles. The number of carbonyl (C=O) groups excluding carboxylic acids is 3. The van der Waals surface area contributed by atoms with Crippen molar-refractivity contribution in [1.82, 2.24) is 5.32 Å². The van der Waals surface area contributed by atoms with Crippen LogP contribution in [0.25, 0.3) is 16.7 Å². The first-order chi connectivity index (χ1) is 21.4. The van der Waals surface area contributed by atoms with Crippen molar-refractivity contribution in [1.29, 1.82) is 0 Å². The summed E-state index contributed by atoms with van der Waals surface area (Å²) in [5.41, 5.74) is 5.34. The van der Waals surface area contributed by atoms with E-state index in [4.69, 9.17) is 5.11 Å². The first kappa shape index (κ1) is 30.4. The number of Topliss-reactive ketones (excluding diaryl/α,β-unsaturated/α-hetero) is 1. The Bertz CT molecular complexity index is 1650. The third-order valence-corrected chi connectivity index (χ3v) is 8.13. The summed E-state index contributed by atoms with van der Waals surface area (Å²) in [5, 5.41) is 11.4. The topological polar surface area (TPSA) is 101 Å². The fourth-order valence-corrected chi connectivity index (χ4v) is 5.64. The van der Waals surface area contributed by atoms with Gasteiger partial charge in [0.2, 0.25) is 0 Å². The zero-order valence-corrected chi connectivity index (χ0v) is 24.5. The molecule has 4 aromatic carbocycles. The molecular weight excluding hydrogens is 550 g/mol.